The van der Waals surface area contributed by atoms with Gasteiger partial charge in [-0.2, -0.15) is 11.8 Å². The molecule has 1 nitrogen and oxygen atoms in total. The molecule has 1 fully saturated rings. The van der Waals surface area contributed by atoms with Gasteiger partial charge < -0.3 is 0 Å². The smallest absolute Gasteiger partial charge is 0.0299 e. The fourth-order valence-electron chi connectivity index (χ4n) is 1.04. The van der Waals surface area contributed by atoms with Crippen molar-refractivity contribution in [2.24, 2.45) is 0 Å². The van der Waals surface area contributed by atoms with Gasteiger partial charge in [0.05, 0.1) is 0 Å². The van der Waals surface area contributed by atoms with Crippen LogP contribution in [0.5, 0.6) is 0 Å². The quantitative estimate of drug-likeness (QED) is 0.578. The topological polar surface area (TPSA) is 3.24 Å². The summed E-state index contributed by atoms with van der Waals surface area (Å²) in [4.78, 5) is 2.50. The second kappa shape index (κ2) is 2.93. The highest BCUT2D eigenvalue weighted by Crippen LogP contribution is 2.21. The Hall–Kier alpha value is 0.310. The highest BCUT2D eigenvalue weighted by atomic mass is 32.2. The normalized spacial score (nSPS) is 22.7. The molecule has 0 unspecified atom stereocenters. The zero-order valence-electron chi connectivity index (χ0n) is 6.42. The van der Waals surface area contributed by atoms with E-state index in [0.29, 0.717) is 0 Å². The lowest BCUT2D eigenvalue weighted by Gasteiger charge is -2.41. The van der Waals surface area contributed by atoms with Crippen molar-refractivity contribution < 1.29 is 0 Å². The van der Waals surface area contributed by atoms with Crippen molar-refractivity contribution in [3.05, 3.63) is 0 Å². The SMILES string of the molecule is CSC1CN(C(C)C)C1. The van der Waals surface area contributed by atoms with Gasteiger partial charge in [-0.1, -0.05) is 0 Å². The van der Waals surface area contributed by atoms with Crippen LogP contribution >= 0.6 is 11.8 Å². The van der Waals surface area contributed by atoms with E-state index in [1.807, 2.05) is 11.8 Å². The second-order valence-corrected chi connectivity index (χ2v) is 4.04. The van der Waals surface area contributed by atoms with Crippen LogP contribution in [0.1, 0.15) is 13.8 Å². The van der Waals surface area contributed by atoms with Crippen LogP contribution < -0.4 is 0 Å². The first-order valence-electron chi connectivity index (χ1n) is 3.51. The molecule has 1 aliphatic heterocycles. The summed E-state index contributed by atoms with van der Waals surface area (Å²) < 4.78 is 0. The summed E-state index contributed by atoms with van der Waals surface area (Å²) in [5.74, 6) is 0. The van der Waals surface area contributed by atoms with Crippen molar-refractivity contribution in [3.8, 4) is 0 Å². The van der Waals surface area contributed by atoms with Gasteiger partial charge in [0.1, 0.15) is 0 Å². The first kappa shape index (κ1) is 7.42. The van der Waals surface area contributed by atoms with Crippen molar-refractivity contribution >= 4 is 11.8 Å². The van der Waals surface area contributed by atoms with Crippen LogP contribution in [-0.4, -0.2) is 35.5 Å². The molecule has 0 radical (unpaired) electrons. The molecule has 0 saturated carbocycles. The first-order chi connectivity index (χ1) is 4.24. The van der Waals surface area contributed by atoms with Crippen LogP contribution in [0.15, 0.2) is 0 Å². The van der Waals surface area contributed by atoms with E-state index in [1.54, 1.807) is 0 Å². The molecule has 9 heavy (non-hydrogen) atoms. The molecule has 0 bridgehead atoms. The molecule has 2 heteroatoms. The van der Waals surface area contributed by atoms with Gasteiger partial charge in [-0.3, -0.25) is 4.90 Å². The summed E-state index contributed by atoms with van der Waals surface area (Å²) in [7, 11) is 0. The summed E-state index contributed by atoms with van der Waals surface area (Å²) >= 11 is 1.99. The van der Waals surface area contributed by atoms with E-state index in [-0.39, 0.29) is 0 Å². The van der Waals surface area contributed by atoms with Crippen LogP contribution in [-0.2, 0) is 0 Å². The van der Waals surface area contributed by atoms with Gasteiger partial charge in [0.2, 0.25) is 0 Å². The van der Waals surface area contributed by atoms with Crippen molar-refractivity contribution in [2.75, 3.05) is 19.3 Å². The molecule has 0 aromatic heterocycles. The Balaban J connectivity index is 2.12. The van der Waals surface area contributed by atoms with Crippen LogP contribution in [0.3, 0.4) is 0 Å². The molecule has 1 heterocycles. The minimum Gasteiger partial charge on any atom is -0.299 e. The van der Waals surface area contributed by atoms with E-state index in [0.717, 1.165) is 11.3 Å². The van der Waals surface area contributed by atoms with Gasteiger partial charge in [-0.05, 0) is 20.1 Å². The highest BCUT2D eigenvalue weighted by molar-refractivity contribution is 7.99. The van der Waals surface area contributed by atoms with Gasteiger partial charge in [0.25, 0.3) is 0 Å². The second-order valence-electron chi connectivity index (χ2n) is 2.91. The molecule has 0 aromatic rings. The number of likely N-dealkylation sites (tertiary alicyclic amines) is 1. The number of nitrogens with zero attached hydrogens (tertiary/aromatic N) is 1. The molecule has 1 rings (SSSR count). The van der Waals surface area contributed by atoms with Gasteiger partial charge in [-0.15, -0.1) is 0 Å². The van der Waals surface area contributed by atoms with Gasteiger partial charge in [0.15, 0.2) is 0 Å². The predicted molar refractivity (Wildman–Crippen MR) is 44.0 cm³/mol. The Morgan fingerprint density at radius 2 is 2.00 bits per heavy atom. The maximum atomic E-state index is 2.50. The highest BCUT2D eigenvalue weighted by Gasteiger charge is 2.26. The lowest BCUT2D eigenvalue weighted by atomic mass is 10.1. The average Bonchev–Trinajstić information content (AvgIpc) is 1.61. The molecule has 0 amide bonds. The average molecular weight is 145 g/mol. The van der Waals surface area contributed by atoms with Gasteiger partial charge >= 0.3 is 0 Å². The molecular weight excluding hydrogens is 130 g/mol. The maximum absolute atomic E-state index is 2.50. The van der Waals surface area contributed by atoms with Crippen LogP contribution in [0.25, 0.3) is 0 Å². The minimum atomic E-state index is 0.758. The van der Waals surface area contributed by atoms with Crippen LogP contribution in [0.2, 0.25) is 0 Å². The number of rotatable bonds is 2. The summed E-state index contributed by atoms with van der Waals surface area (Å²) in [6.45, 7) is 7.13. The molecule has 0 N–H and O–H groups in total. The Labute approximate surface area is 61.8 Å². The summed E-state index contributed by atoms with van der Waals surface area (Å²) in [5.41, 5.74) is 0. The summed E-state index contributed by atoms with van der Waals surface area (Å²) in [6, 6.07) is 0.758. The van der Waals surface area contributed by atoms with E-state index < -0.39 is 0 Å². The van der Waals surface area contributed by atoms with Crippen LogP contribution in [0, 0.1) is 0 Å². The standard InChI is InChI=1S/C7H15NS/c1-6(2)8-4-7(5-8)9-3/h6-7H,4-5H2,1-3H3. The van der Waals surface area contributed by atoms with Crippen molar-refractivity contribution in [3.63, 3.8) is 0 Å². The third kappa shape index (κ3) is 1.62. The molecule has 0 spiro atoms. The molecule has 1 saturated heterocycles. The summed E-state index contributed by atoms with van der Waals surface area (Å²) in [5, 5.41) is 0.924. The van der Waals surface area contributed by atoms with Crippen molar-refractivity contribution in [1.82, 2.24) is 4.90 Å². The lowest BCUT2D eigenvalue weighted by Crippen LogP contribution is -2.52. The maximum Gasteiger partial charge on any atom is 0.0299 e. The largest absolute Gasteiger partial charge is 0.299 e. The van der Waals surface area contributed by atoms with Crippen LogP contribution in [0.4, 0.5) is 0 Å². The first-order valence-corrected chi connectivity index (χ1v) is 4.79. The van der Waals surface area contributed by atoms with E-state index in [9.17, 15) is 0 Å². The van der Waals surface area contributed by atoms with Crippen molar-refractivity contribution in [1.29, 1.82) is 0 Å². The lowest BCUT2D eigenvalue weighted by molar-refractivity contribution is 0.147. The Morgan fingerprint density at radius 3 is 2.33 bits per heavy atom. The fraction of sp³-hybridized carbons (Fsp3) is 1.00. The van der Waals surface area contributed by atoms with E-state index in [2.05, 4.69) is 25.0 Å². The van der Waals surface area contributed by atoms with E-state index in [4.69, 9.17) is 0 Å². The van der Waals surface area contributed by atoms with E-state index >= 15 is 0 Å². The third-order valence-corrected chi connectivity index (χ3v) is 2.90. The molecule has 0 aromatic carbocycles. The number of thioether (sulfide) groups is 1. The molecule has 54 valence electrons. The molecule has 0 aliphatic carbocycles. The minimum absolute atomic E-state index is 0.758. The van der Waals surface area contributed by atoms with Crippen molar-refractivity contribution in [2.45, 2.75) is 25.1 Å². The third-order valence-electron chi connectivity index (χ3n) is 1.94. The predicted octanol–water partition coefficient (Wildman–Crippen LogP) is 1.44. The van der Waals surface area contributed by atoms with Gasteiger partial charge in [-0.25, -0.2) is 0 Å². The van der Waals surface area contributed by atoms with E-state index in [1.165, 1.54) is 13.1 Å². The Bertz CT molecular complexity index is 86.9. The van der Waals surface area contributed by atoms with Gasteiger partial charge in [0, 0.05) is 24.4 Å². The number of hydrogen-bond donors (Lipinski definition) is 0. The Morgan fingerprint density at radius 1 is 1.44 bits per heavy atom. The number of hydrogen-bond acceptors (Lipinski definition) is 2. The zero-order chi connectivity index (χ0) is 6.85. The molecular formula is C7H15NS. The summed E-state index contributed by atoms with van der Waals surface area (Å²) in [6.07, 6.45) is 2.20. The zero-order valence-corrected chi connectivity index (χ0v) is 7.24. The molecule has 1 aliphatic rings. The molecule has 0 atom stereocenters. The Kier molecular flexibility index (Phi) is 2.42. The monoisotopic (exact) mass is 145 g/mol. The fourth-order valence-corrected chi connectivity index (χ4v) is 1.72.